The minimum absolute atomic E-state index is 0. The Morgan fingerprint density at radius 2 is 2.00 bits per heavy atom. The van der Waals surface area contributed by atoms with Crippen LogP contribution in [0, 0.1) is 5.41 Å². The molecule has 1 amide bonds. The second kappa shape index (κ2) is 9.54. The number of aromatic nitrogens is 1. The van der Waals surface area contributed by atoms with Crippen molar-refractivity contribution in [1.82, 2.24) is 10.3 Å². The van der Waals surface area contributed by atoms with Gasteiger partial charge in [-0.15, -0.1) is 11.3 Å². The van der Waals surface area contributed by atoms with E-state index in [2.05, 4.69) is 10.3 Å². The van der Waals surface area contributed by atoms with Crippen LogP contribution < -0.4 is 34.9 Å². The number of aliphatic carboxylic acids is 2. The van der Waals surface area contributed by atoms with Gasteiger partial charge in [-0.05, 0) is 19.1 Å². The number of para-hydroxylation sites is 1. The minimum atomic E-state index is -2.04. The number of nitrogens with zero attached hydrogens (tertiary/aromatic N) is 1. The van der Waals surface area contributed by atoms with Gasteiger partial charge in [-0.1, -0.05) is 23.9 Å². The quantitative estimate of drug-likeness (QED) is 0.306. The van der Waals surface area contributed by atoms with Crippen molar-refractivity contribution in [1.29, 1.82) is 0 Å². The second-order valence-electron chi connectivity index (χ2n) is 5.05. The maximum absolute atomic E-state index is 12.2. The van der Waals surface area contributed by atoms with Gasteiger partial charge in [-0.2, -0.15) is 0 Å². The number of hydrogen-bond donors (Lipinski definition) is 3. The van der Waals surface area contributed by atoms with E-state index in [-0.39, 0.29) is 43.3 Å². The molecule has 7 nitrogen and oxygen atoms in total. The molecular formula is C15H17N2NaO5S2. The summed E-state index contributed by atoms with van der Waals surface area (Å²) >= 11 is 2.45. The van der Waals surface area contributed by atoms with Gasteiger partial charge in [0.25, 0.3) is 0 Å². The third-order valence-electron chi connectivity index (χ3n) is 3.35. The third-order valence-corrected chi connectivity index (χ3v) is 5.76. The van der Waals surface area contributed by atoms with E-state index in [1.54, 1.807) is 6.92 Å². The first-order valence-corrected chi connectivity index (χ1v) is 8.91. The number of thiazole rings is 1. The molecular weight excluding hydrogens is 375 g/mol. The SMILES string of the molecule is CCNC(=O)C(CSc1nc2ccccc2s1)(CC(=O)O)C(=O)O.[H-].[Na+]. The molecule has 1 aromatic carbocycles. The van der Waals surface area contributed by atoms with Crippen LogP contribution in [-0.2, 0) is 14.4 Å². The van der Waals surface area contributed by atoms with Crippen LogP contribution in [0.2, 0.25) is 0 Å². The van der Waals surface area contributed by atoms with Crippen molar-refractivity contribution in [2.75, 3.05) is 12.3 Å². The summed E-state index contributed by atoms with van der Waals surface area (Å²) in [5.74, 6) is -3.80. The Morgan fingerprint density at radius 3 is 2.56 bits per heavy atom. The molecule has 1 aromatic heterocycles. The zero-order valence-electron chi connectivity index (χ0n) is 14.8. The molecule has 0 radical (unpaired) electrons. The number of fused-ring (bicyclic) bond motifs is 1. The number of carbonyl (C=O) groups is 3. The average molecular weight is 392 g/mol. The summed E-state index contributed by atoms with van der Waals surface area (Å²) in [5, 5.41) is 21.0. The Kier molecular flexibility index (Phi) is 8.36. The zero-order valence-corrected chi connectivity index (χ0v) is 17.4. The molecule has 0 aliphatic carbocycles. The van der Waals surface area contributed by atoms with Crippen LogP contribution in [0.25, 0.3) is 10.2 Å². The van der Waals surface area contributed by atoms with Gasteiger partial charge in [0.2, 0.25) is 5.91 Å². The van der Waals surface area contributed by atoms with Gasteiger partial charge in [0, 0.05) is 12.3 Å². The fraction of sp³-hybridized carbons (Fsp3) is 0.333. The van der Waals surface area contributed by atoms with Crippen molar-refractivity contribution in [3.8, 4) is 0 Å². The molecule has 10 heteroatoms. The van der Waals surface area contributed by atoms with Crippen molar-refractivity contribution >= 4 is 51.2 Å². The van der Waals surface area contributed by atoms with Gasteiger partial charge in [0.05, 0.1) is 16.6 Å². The van der Waals surface area contributed by atoms with Gasteiger partial charge in [0.15, 0.2) is 9.75 Å². The Hall–Kier alpha value is -1.13. The number of thioether (sulfide) groups is 1. The average Bonchev–Trinajstić information content (AvgIpc) is 2.93. The van der Waals surface area contributed by atoms with E-state index in [0.717, 1.165) is 22.0 Å². The molecule has 0 aliphatic rings. The van der Waals surface area contributed by atoms with Crippen LogP contribution >= 0.6 is 23.1 Å². The first-order valence-electron chi connectivity index (χ1n) is 7.11. The Bertz CT molecular complexity index is 755. The largest absolute Gasteiger partial charge is 1.00 e. The molecule has 0 aliphatic heterocycles. The van der Waals surface area contributed by atoms with E-state index in [4.69, 9.17) is 5.11 Å². The van der Waals surface area contributed by atoms with E-state index in [0.29, 0.717) is 4.34 Å². The number of benzene rings is 1. The van der Waals surface area contributed by atoms with Crippen molar-refractivity contribution in [3.63, 3.8) is 0 Å². The van der Waals surface area contributed by atoms with Gasteiger partial charge < -0.3 is 17.0 Å². The van der Waals surface area contributed by atoms with Crippen LogP contribution in [-0.4, -0.2) is 45.3 Å². The van der Waals surface area contributed by atoms with Gasteiger partial charge >= 0.3 is 41.5 Å². The van der Waals surface area contributed by atoms with Crippen molar-refractivity contribution in [2.24, 2.45) is 5.41 Å². The molecule has 0 saturated heterocycles. The molecule has 25 heavy (non-hydrogen) atoms. The first-order chi connectivity index (χ1) is 11.4. The first kappa shape index (κ1) is 21.9. The third kappa shape index (κ3) is 5.18. The number of carbonyl (C=O) groups excluding carboxylic acids is 1. The predicted octanol–water partition coefficient (Wildman–Crippen LogP) is -0.813. The zero-order chi connectivity index (χ0) is 17.7. The maximum Gasteiger partial charge on any atom is 1.00 e. The van der Waals surface area contributed by atoms with Gasteiger partial charge in [0.1, 0.15) is 0 Å². The van der Waals surface area contributed by atoms with Crippen molar-refractivity contribution in [2.45, 2.75) is 17.7 Å². The molecule has 0 saturated carbocycles. The second-order valence-corrected chi connectivity index (χ2v) is 7.31. The number of hydrogen-bond acceptors (Lipinski definition) is 6. The van der Waals surface area contributed by atoms with Crippen LogP contribution in [0.5, 0.6) is 0 Å². The van der Waals surface area contributed by atoms with Crippen LogP contribution in [0.1, 0.15) is 14.8 Å². The van der Waals surface area contributed by atoms with E-state index >= 15 is 0 Å². The van der Waals surface area contributed by atoms with Crippen LogP contribution in [0.15, 0.2) is 28.6 Å². The summed E-state index contributed by atoms with van der Waals surface area (Å²) in [6.07, 6.45) is -0.786. The number of amides is 1. The summed E-state index contributed by atoms with van der Waals surface area (Å²) in [7, 11) is 0. The molecule has 0 bridgehead atoms. The molecule has 1 unspecified atom stereocenters. The maximum atomic E-state index is 12.2. The fourth-order valence-corrected chi connectivity index (χ4v) is 4.39. The van der Waals surface area contributed by atoms with E-state index < -0.39 is 29.7 Å². The number of rotatable bonds is 8. The molecule has 0 fully saturated rings. The molecule has 3 N–H and O–H groups in total. The molecule has 2 rings (SSSR count). The monoisotopic (exact) mass is 392 g/mol. The number of nitrogens with one attached hydrogen (secondary N) is 1. The molecule has 1 heterocycles. The molecule has 130 valence electrons. The Morgan fingerprint density at radius 1 is 1.32 bits per heavy atom. The van der Waals surface area contributed by atoms with Crippen LogP contribution in [0.3, 0.4) is 0 Å². The normalized spacial score (nSPS) is 12.8. The summed E-state index contributed by atoms with van der Waals surface area (Å²) in [6.45, 7) is 1.87. The summed E-state index contributed by atoms with van der Waals surface area (Å²) in [5.41, 5.74) is -1.26. The van der Waals surface area contributed by atoms with E-state index in [1.807, 2.05) is 24.3 Å². The Balaban J connectivity index is 0.00000312. The van der Waals surface area contributed by atoms with Gasteiger partial charge in [-0.3, -0.25) is 14.4 Å². The standard InChI is InChI=1S/C15H16N2O5S2.Na.H/c1-2-16-12(20)15(13(21)22,7-11(18)19)8-23-14-17-9-5-3-4-6-10(9)24-14;;/h3-6H,2,7-8H2,1H3,(H,16,20)(H,18,19)(H,21,22);;/q;+1;-1. The number of carboxylic acids is 2. The summed E-state index contributed by atoms with van der Waals surface area (Å²) < 4.78 is 1.54. The van der Waals surface area contributed by atoms with Gasteiger partial charge in [-0.25, -0.2) is 4.98 Å². The minimum Gasteiger partial charge on any atom is -1.00 e. The van der Waals surface area contributed by atoms with Crippen molar-refractivity contribution < 1.29 is 55.6 Å². The summed E-state index contributed by atoms with van der Waals surface area (Å²) in [4.78, 5) is 39.4. The number of carboxylic acid groups (broad SMARTS) is 2. The summed E-state index contributed by atoms with van der Waals surface area (Å²) in [6, 6.07) is 7.44. The van der Waals surface area contributed by atoms with Crippen molar-refractivity contribution in [3.05, 3.63) is 24.3 Å². The molecule has 2 aromatic rings. The molecule has 1 atom stereocenters. The topological polar surface area (TPSA) is 117 Å². The predicted molar refractivity (Wildman–Crippen MR) is 92.5 cm³/mol. The fourth-order valence-electron chi connectivity index (χ4n) is 2.12. The van der Waals surface area contributed by atoms with Crippen LogP contribution in [0.4, 0.5) is 0 Å². The Labute approximate surface area is 176 Å². The molecule has 0 spiro atoms. The van der Waals surface area contributed by atoms with E-state index in [9.17, 15) is 19.5 Å². The smallest absolute Gasteiger partial charge is 1.00 e. The van der Waals surface area contributed by atoms with E-state index in [1.165, 1.54) is 11.3 Å².